The molecule has 1 aromatic carbocycles. The first-order valence-electron chi connectivity index (χ1n) is 4.83. The summed E-state index contributed by atoms with van der Waals surface area (Å²) in [7, 11) is -7.03. The SMILES string of the molecule is C#CCN(C)S(=O)(=O)c1ccc(S(N)(=O)=O)cc1F. The van der Waals surface area contributed by atoms with Gasteiger partial charge >= 0.3 is 0 Å². The topological polar surface area (TPSA) is 97.5 Å². The fourth-order valence-electron chi connectivity index (χ4n) is 1.25. The molecule has 1 rings (SSSR count). The molecule has 1 aromatic rings. The third-order valence-corrected chi connectivity index (χ3v) is 4.98. The molecule has 0 aliphatic carbocycles. The van der Waals surface area contributed by atoms with Crippen LogP contribution in [0.3, 0.4) is 0 Å². The molecule has 0 bridgehead atoms. The van der Waals surface area contributed by atoms with Crippen LogP contribution in [0.4, 0.5) is 4.39 Å². The summed E-state index contributed by atoms with van der Waals surface area (Å²) in [5, 5.41) is 4.81. The van der Waals surface area contributed by atoms with Crippen molar-refractivity contribution in [2.75, 3.05) is 13.6 Å². The molecule has 0 fully saturated rings. The van der Waals surface area contributed by atoms with E-state index in [0.29, 0.717) is 6.07 Å². The first kappa shape index (κ1) is 15.6. The average Bonchev–Trinajstić information content (AvgIpc) is 2.27. The van der Waals surface area contributed by atoms with Crippen LogP contribution < -0.4 is 5.14 Å². The molecule has 0 aliphatic heterocycles. The van der Waals surface area contributed by atoms with Gasteiger partial charge in [-0.1, -0.05) is 5.92 Å². The van der Waals surface area contributed by atoms with Crippen molar-refractivity contribution in [3.05, 3.63) is 24.0 Å². The monoisotopic (exact) mass is 306 g/mol. The van der Waals surface area contributed by atoms with Gasteiger partial charge in [-0.3, -0.25) is 0 Å². The van der Waals surface area contributed by atoms with E-state index in [0.717, 1.165) is 16.4 Å². The normalized spacial score (nSPS) is 12.4. The summed E-state index contributed by atoms with van der Waals surface area (Å²) in [6, 6.07) is 2.29. The molecule has 2 N–H and O–H groups in total. The van der Waals surface area contributed by atoms with Crippen LogP contribution in [0.25, 0.3) is 0 Å². The lowest BCUT2D eigenvalue weighted by Crippen LogP contribution is -2.28. The van der Waals surface area contributed by atoms with Gasteiger partial charge in [-0.2, -0.15) is 4.31 Å². The zero-order chi connectivity index (χ0) is 14.8. The Morgan fingerprint density at radius 1 is 1.37 bits per heavy atom. The van der Waals surface area contributed by atoms with E-state index in [4.69, 9.17) is 11.6 Å². The Morgan fingerprint density at radius 3 is 2.37 bits per heavy atom. The maximum atomic E-state index is 13.7. The lowest BCUT2D eigenvalue weighted by Gasteiger charge is -2.15. The highest BCUT2D eigenvalue weighted by Gasteiger charge is 2.25. The van der Waals surface area contributed by atoms with E-state index >= 15 is 0 Å². The molecule has 0 spiro atoms. The summed E-state index contributed by atoms with van der Waals surface area (Å²) < 4.78 is 60.3. The number of benzene rings is 1. The molecule has 0 atom stereocenters. The zero-order valence-corrected chi connectivity index (χ0v) is 11.5. The lowest BCUT2D eigenvalue weighted by molar-refractivity contribution is 0.491. The van der Waals surface area contributed by atoms with E-state index in [-0.39, 0.29) is 6.54 Å². The highest BCUT2D eigenvalue weighted by Crippen LogP contribution is 2.20. The molecular formula is C10H11FN2O4S2. The first-order valence-corrected chi connectivity index (χ1v) is 7.81. The summed E-state index contributed by atoms with van der Waals surface area (Å²) in [6.07, 6.45) is 4.98. The van der Waals surface area contributed by atoms with Crippen LogP contribution in [0.2, 0.25) is 0 Å². The Kier molecular flexibility index (Phi) is 4.32. The molecule has 0 amide bonds. The largest absolute Gasteiger partial charge is 0.246 e. The lowest BCUT2D eigenvalue weighted by atomic mass is 10.3. The smallest absolute Gasteiger partial charge is 0.225 e. The molecule has 0 unspecified atom stereocenters. The van der Waals surface area contributed by atoms with Gasteiger partial charge in [0.25, 0.3) is 0 Å². The number of nitrogens with zero attached hydrogens (tertiary/aromatic N) is 1. The van der Waals surface area contributed by atoms with E-state index in [9.17, 15) is 21.2 Å². The van der Waals surface area contributed by atoms with E-state index in [1.54, 1.807) is 0 Å². The van der Waals surface area contributed by atoms with Crippen molar-refractivity contribution in [3.8, 4) is 12.3 Å². The van der Waals surface area contributed by atoms with Crippen LogP contribution in [-0.2, 0) is 20.0 Å². The summed E-state index contributed by atoms with van der Waals surface area (Å²) >= 11 is 0. The van der Waals surface area contributed by atoms with Crippen LogP contribution in [-0.4, -0.2) is 34.7 Å². The molecule has 0 aromatic heterocycles. The van der Waals surface area contributed by atoms with Crippen molar-refractivity contribution < 1.29 is 21.2 Å². The van der Waals surface area contributed by atoms with Crippen molar-refractivity contribution in [3.63, 3.8) is 0 Å². The molecule has 0 radical (unpaired) electrons. The van der Waals surface area contributed by atoms with Gasteiger partial charge in [0.05, 0.1) is 11.4 Å². The minimum absolute atomic E-state index is 0.237. The van der Waals surface area contributed by atoms with Gasteiger partial charge in [-0.15, -0.1) is 6.42 Å². The predicted molar refractivity (Wildman–Crippen MR) is 66.4 cm³/mol. The summed E-state index contributed by atoms with van der Waals surface area (Å²) in [5.74, 6) is 0.894. The Morgan fingerprint density at radius 2 is 1.95 bits per heavy atom. The van der Waals surface area contributed by atoms with Crippen LogP contribution in [0.1, 0.15) is 0 Å². The Hall–Kier alpha value is -1.47. The highest BCUT2D eigenvalue weighted by molar-refractivity contribution is 7.89. The number of hydrogen-bond acceptors (Lipinski definition) is 4. The highest BCUT2D eigenvalue weighted by atomic mass is 32.2. The second-order valence-electron chi connectivity index (χ2n) is 3.60. The van der Waals surface area contributed by atoms with Crippen molar-refractivity contribution in [2.45, 2.75) is 9.79 Å². The van der Waals surface area contributed by atoms with Crippen LogP contribution in [0.15, 0.2) is 28.0 Å². The molecule has 0 heterocycles. The summed E-state index contributed by atoms with van der Waals surface area (Å²) in [4.78, 5) is -1.18. The molecule has 0 saturated heterocycles. The van der Waals surface area contributed by atoms with Gasteiger partial charge in [0.1, 0.15) is 10.7 Å². The van der Waals surface area contributed by atoms with Gasteiger partial charge in [0.15, 0.2) is 0 Å². The van der Waals surface area contributed by atoms with Crippen LogP contribution >= 0.6 is 0 Å². The summed E-state index contributed by atoms with van der Waals surface area (Å²) in [5.41, 5.74) is 0. The van der Waals surface area contributed by atoms with Crippen LogP contribution in [0.5, 0.6) is 0 Å². The third-order valence-electron chi connectivity index (χ3n) is 2.23. The molecule has 104 valence electrons. The number of terminal acetylenes is 1. The number of rotatable bonds is 4. The number of nitrogens with two attached hydrogens (primary N) is 1. The van der Waals surface area contributed by atoms with Crippen molar-refractivity contribution >= 4 is 20.0 Å². The molecular weight excluding hydrogens is 295 g/mol. The standard InChI is InChI=1S/C10H11FN2O4S2/c1-3-6-13(2)19(16,17)10-5-4-8(7-9(10)11)18(12,14)15/h1,4-5,7H,6H2,2H3,(H2,12,14,15). The fraction of sp³-hybridized carbons (Fsp3) is 0.200. The van der Waals surface area contributed by atoms with Crippen molar-refractivity contribution in [1.29, 1.82) is 0 Å². The fourth-order valence-corrected chi connectivity index (χ4v) is 2.90. The van der Waals surface area contributed by atoms with E-state index < -0.39 is 35.7 Å². The van der Waals surface area contributed by atoms with Gasteiger partial charge in [-0.05, 0) is 18.2 Å². The number of hydrogen-bond donors (Lipinski definition) is 1. The predicted octanol–water partition coefficient (Wildman–Crippen LogP) is -0.273. The van der Waals surface area contributed by atoms with E-state index in [1.165, 1.54) is 7.05 Å². The Balaban J connectivity index is 3.36. The van der Waals surface area contributed by atoms with E-state index in [2.05, 4.69) is 5.92 Å². The molecule has 19 heavy (non-hydrogen) atoms. The van der Waals surface area contributed by atoms with Gasteiger partial charge < -0.3 is 0 Å². The van der Waals surface area contributed by atoms with Crippen molar-refractivity contribution in [2.24, 2.45) is 5.14 Å². The molecule has 9 heteroatoms. The Labute approximate surface area is 111 Å². The minimum atomic E-state index is -4.11. The summed E-state index contributed by atoms with van der Waals surface area (Å²) in [6.45, 7) is -0.237. The molecule has 0 saturated carbocycles. The number of halogens is 1. The Bertz CT molecular complexity index is 735. The second-order valence-corrected chi connectivity index (χ2v) is 7.18. The quantitative estimate of drug-likeness (QED) is 0.774. The third kappa shape index (κ3) is 3.30. The minimum Gasteiger partial charge on any atom is -0.225 e. The maximum absolute atomic E-state index is 13.7. The molecule has 6 nitrogen and oxygen atoms in total. The first-order chi connectivity index (χ1) is 8.60. The number of primary sulfonamides is 1. The van der Waals surface area contributed by atoms with Crippen LogP contribution in [0, 0.1) is 18.2 Å². The van der Waals surface area contributed by atoms with E-state index in [1.807, 2.05) is 0 Å². The van der Waals surface area contributed by atoms with Gasteiger partial charge in [0.2, 0.25) is 20.0 Å². The number of sulfonamides is 2. The molecule has 0 aliphatic rings. The average molecular weight is 306 g/mol. The van der Waals surface area contributed by atoms with Gasteiger partial charge in [-0.25, -0.2) is 26.4 Å². The van der Waals surface area contributed by atoms with Gasteiger partial charge in [0, 0.05) is 7.05 Å². The van der Waals surface area contributed by atoms with Crippen molar-refractivity contribution in [1.82, 2.24) is 4.31 Å². The second kappa shape index (κ2) is 5.26. The maximum Gasteiger partial charge on any atom is 0.246 e. The zero-order valence-electron chi connectivity index (χ0n) is 9.87.